The Morgan fingerprint density at radius 3 is 2.85 bits per heavy atom. The summed E-state index contributed by atoms with van der Waals surface area (Å²) in [4.78, 5) is 21.5. The van der Waals surface area contributed by atoms with Crippen molar-refractivity contribution in [3.63, 3.8) is 0 Å². The smallest absolute Gasteiger partial charge is 0.255 e. The summed E-state index contributed by atoms with van der Waals surface area (Å²) in [7, 11) is 0. The molecule has 2 unspecified atom stereocenters. The molecule has 1 saturated heterocycles. The monoisotopic (exact) mass is 470 g/mol. The van der Waals surface area contributed by atoms with Crippen LogP contribution < -0.4 is 10.6 Å². The highest BCUT2D eigenvalue weighted by Crippen LogP contribution is 2.25. The number of pyridine rings is 2. The lowest BCUT2D eigenvalue weighted by Crippen LogP contribution is -2.42. The second-order valence-corrected chi connectivity index (χ2v) is 8.66. The molecule has 3 aromatic heterocycles. The Bertz CT molecular complexity index is 1250. The number of anilines is 1. The highest BCUT2D eigenvalue weighted by atomic mass is 19.1. The molecule has 3 aromatic rings. The van der Waals surface area contributed by atoms with Gasteiger partial charge in [0, 0.05) is 30.0 Å². The van der Waals surface area contributed by atoms with Gasteiger partial charge in [-0.2, -0.15) is 5.26 Å². The number of carbonyl (C=O) groups excluding carboxylic acids is 1. The Morgan fingerprint density at radius 1 is 1.38 bits per heavy atom. The van der Waals surface area contributed by atoms with Gasteiger partial charge < -0.3 is 20.5 Å². The van der Waals surface area contributed by atoms with E-state index in [1.54, 1.807) is 29.0 Å². The molecule has 0 aliphatic carbocycles. The molecule has 1 fully saturated rings. The Morgan fingerprint density at radius 2 is 2.18 bits per heavy atom. The number of amides is 1. The number of aromatic nitrogens is 3. The van der Waals surface area contributed by atoms with Gasteiger partial charge in [0.05, 0.1) is 48.2 Å². The number of nitrogens with one attached hydrogen (secondary N) is 2. The molecule has 0 bridgehead atoms. The van der Waals surface area contributed by atoms with Gasteiger partial charge in [-0.15, -0.1) is 0 Å². The summed E-state index contributed by atoms with van der Waals surface area (Å²) in [6, 6.07) is 6.41. The Balaban J connectivity index is 1.67. The van der Waals surface area contributed by atoms with Crippen molar-refractivity contribution in [2.45, 2.75) is 37.8 Å². The first-order valence-corrected chi connectivity index (χ1v) is 10.7. The van der Waals surface area contributed by atoms with Crippen LogP contribution in [0.1, 0.15) is 29.8 Å². The number of carbonyl (C=O) groups is 1. The second-order valence-electron chi connectivity index (χ2n) is 8.66. The fourth-order valence-electron chi connectivity index (χ4n) is 3.53. The van der Waals surface area contributed by atoms with Crippen LogP contribution in [-0.4, -0.2) is 69.3 Å². The van der Waals surface area contributed by atoms with E-state index in [-0.39, 0.29) is 24.5 Å². The molecule has 0 saturated carbocycles. The quantitative estimate of drug-likeness (QED) is 0.484. The van der Waals surface area contributed by atoms with E-state index in [1.165, 1.54) is 26.2 Å². The average Bonchev–Trinajstić information content (AvgIpc) is 3.41. The molecule has 0 aromatic carbocycles. The highest BCUT2D eigenvalue weighted by molar-refractivity contribution is 5.99. The van der Waals surface area contributed by atoms with E-state index in [4.69, 9.17) is 10.00 Å². The molecular formula is C23H24F2N6O3. The first-order valence-electron chi connectivity index (χ1n) is 10.7. The minimum atomic E-state index is -1.69. The van der Waals surface area contributed by atoms with Gasteiger partial charge in [-0.1, -0.05) is 0 Å². The minimum absolute atomic E-state index is 0.0559. The van der Waals surface area contributed by atoms with Crippen molar-refractivity contribution in [3.8, 4) is 11.9 Å². The maximum Gasteiger partial charge on any atom is 0.255 e. The van der Waals surface area contributed by atoms with Crippen LogP contribution in [0, 0.1) is 11.3 Å². The van der Waals surface area contributed by atoms with Crippen LogP contribution in [0.15, 0.2) is 36.8 Å². The zero-order valence-corrected chi connectivity index (χ0v) is 18.6. The number of rotatable bonds is 7. The van der Waals surface area contributed by atoms with E-state index in [0.29, 0.717) is 17.0 Å². The molecule has 178 valence electrons. The van der Waals surface area contributed by atoms with E-state index in [1.807, 2.05) is 6.07 Å². The number of aliphatic hydroxyl groups is 1. The lowest BCUT2D eigenvalue weighted by molar-refractivity contribution is -0.00177. The first-order chi connectivity index (χ1) is 16.2. The van der Waals surface area contributed by atoms with Crippen molar-refractivity contribution >= 4 is 22.6 Å². The van der Waals surface area contributed by atoms with Gasteiger partial charge in [0.1, 0.15) is 29.9 Å². The lowest BCUT2D eigenvalue weighted by atomic mass is 10.0. The Labute approximate surface area is 194 Å². The standard InChI is InChI=1S/C23H24F2N6O3/c1-23(2,33)19(25)10-29-22(32)15-9-27-20(6-17(15)30-18-12-34-11-16(18)24)31-4-3-14-5-13(7-26)8-28-21(14)31/h3-6,8-9,16,18-19,33H,10-12H2,1-2H3,(H,27,30)(H,29,32)/t16-,18?,19?/m1/s1. The maximum absolute atomic E-state index is 14.2. The third-order valence-corrected chi connectivity index (χ3v) is 5.60. The SMILES string of the molecule is CC(C)(O)C(F)CNC(=O)c1cnc(-n2ccc3cc(C#N)cnc32)cc1NC1COC[C@H]1F. The van der Waals surface area contributed by atoms with Gasteiger partial charge in [-0.05, 0) is 26.0 Å². The van der Waals surface area contributed by atoms with E-state index in [9.17, 15) is 18.7 Å². The molecule has 1 amide bonds. The summed E-state index contributed by atoms with van der Waals surface area (Å²) in [5, 5.41) is 25.0. The van der Waals surface area contributed by atoms with Gasteiger partial charge in [0.25, 0.3) is 5.91 Å². The van der Waals surface area contributed by atoms with E-state index < -0.39 is 36.4 Å². The Kier molecular flexibility index (Phi) is 6.45. The number of alkyl halides is 2. The molecule has 11 heteroatoms. The largest absolute Gasteiger partial charge is 0.387 e. The zero-order valence-electron chi connectivity index (χ0n) is 18.6. The summed E-state index contributed by atoms with van der Waals surface area (Å²) in [6.07, 6.45) is 1.52. The summed E-state index contributed by atoms with van der Waals surface area (Å²) < 4.78 is 35.2. The van der Waals surface area contributed by atoms with Crippen LogP contribution in [0.25, 0.3) is 16.9 Å². The summed E-state index contributed by atoms with van der Waals surface area (Å²) in [5.74, 6) is -0.225. The number of nitriles is 1. The molecule has 34 heavy (non-hydrogen) atoms. The predicted molar refractivity (Wildman–Crippen MR) is 120 cm³/mol. The van der Waals surface area contributed by atoms with Crippen molar-refractivity contribution in [1.29, 1.82) is 5.26 Å². The molecule has 9 nitrogen and oxygen atoms in total. The molecular weight excluding hydrogens is 446 g/mol. The van der Waals surface area contributed by atoms with Crippen molar-refractivity contribution in [2.24, 2.45) is 0 Å². The Hall–Kier alpha value is -3.62. The number of hydrogen-bond donors (Lipinski definition) is 3. The van der Waals surface area contributed by atoms with Crippen LogP contribution in [0.5, 0.6) is 0 Å². The first kappa shape index (κ1) is 23.5. The lowest BCUT2D eigenvalue weighted by Gasteiger charge is -2.23. The van der Waals surface area contributed by atoms with Crippen molar-refractivity contribution in [2.75, 3.05) is 25.1 Å². The molecule has 1 aliphatic heterocycles. The molecule has 4 heterocycles. The molecule has 4 rings (SSSR count). The topological polar surface area (TPSA) is 125 Å². The number of halogens is 2. The van der Waals surface area contributed by atoms with Crippen LogP contribution in [0.3, 0.4) is 0 Å². The van der Waals surface area contributed by atoms with Gasteiger partial charge in [0.15, 0.2) is 0 Å². The van der Waals surface area contributed by atoms with Crippen LogP contribution >= 0.6 is 0 Å². The molecule has 3 N–H and O–H groups in total. The third kappa shape index (κ3) is 4.83. The maximum atomic E-state index is 14.2. The fraction of sp³-hybridized carbons (Fsp3) is 0.391. The third-order valence-electron chi connectivity index (χ3n) is 5.60. The van der Waals surface area contributed by atoms with Crippen molar-refractivity contribution in [1.82, 2.24) is 19.9 Å². The van der Waals surface area contributed by atoms with Gasteiger partial charge in [0.2, 0.25) is 0 Å². The van der Waals surface area contributed by atoms with Crippen molar-refractivity contribution in [3.05, 3.63) is 47.9 Å². The summed E-state index contributed by atoms with van der Waals surface area (Å²) >= 11 is 0. The predicted octanol–water partition coefficient (Wildman–Crippen LogP) is 2.28. The summed E-state index contributed by atoms with van der Waals surface area (Å²) in [6.45, 7) is 2.28. The van der Waals surface area contributed by atoms with E-state index >= 15 is 0 Å². The van der Waals surface area contributed by atoms with Gasteiger partial charge >= 0.3 is 0 Å². The minimum Gasteiger partial charge on any atom is -0.387 e. The number of nitrogens with zero attached hydrogens (tertiary/aromatic N) is 4. The molecule has 0 radical (unpaired) electrons. The molecule has 0 spiro atoms. The molecule has 3 atom stereocenters. The second kappa shape index (κ2) is 9.32. The van der Waals surface area contributed by atoms with Crippen LogP contribution in [-0.2, 0) is 4.74 Å². The van der Waals surface area contributed by atoms with Crippen LogP contribution in [0.4, 0.5) is 14.5 Å². The van der Waals surface area contributed by atoms with Crippen molar-refractivity contribution < 1.29 is 23.4 Å². The molecule has 1 aliphatic rings. The van der Waals surface area contributed by atoms with Gasteiger partial charge in [-0.3, -0.25) is 9.36 Å². The number of ether oxygens (including phenoxy) is 1. The highest BCUT2D eigenvalue weighted by Gasteiger charge is 2.30. The number of hydrogen-bond acceptors (Lipinski definition) is 7. The normalized spacial score (nSPS) is 19.1. The number of fused-ring (bicyclic) bond motifs is 1. The van der Waals surface area contributed by atoms with Gasteiger partial charge in [-0.25, -0.2) is 18.7 Å². The van der Waals surface area contributed by atoms with E-state index in [0.717, 1.165) is 5.39 Å². The van der Waals surface area contributed by atoms with Crippen LogP contribution in [0.2, 0.25) is 0 Å². The fourth-order valence-corrected chi connectivity index (χ4v) is 3.53. The summed E-state index contributed by atoms with van der Waals surface area (Å²) in [5.41, 5.74) is -0.281. The van der Waals surface area contributed by atoms with E-state index in [2.05, 4.69) is 20.6 Å². The average molecular weight is 470 g/mol. The zero-order chi connectivity index (χ0) is 24.5.